The Labute approximate surface area is 108 Å². The van der Waals surface area contributed by atoms with E-state index in [2.05, 4.69) is 19.9 Å². The van der Waals surface area contributed by atoms with Gasteiger partial charge in [-0.25, -0.2) is 4.79 Å². The van der Waals surface area contributed by atoms with Gasteiger partial charge in [-0.1, -0.05) is 32.0 Å². The van der Waals surface area contributed by atoms with Crippen LogP contribution < -0.4 is 10.6 Å². The predicted molar refractivity (Wildman–Crippen MR) is 71.8 cm³/mol. The minimum Gasteiger partial charge on any atom is -0.444 e. The van der Waals surface area contributed by atoms with Crippen LogP contribution in [0, 0.1) is 0 Å². The maximum absolute atomic E-state index is 12.0. The third-order valence-electron chi connectivity index (χ3n) is 3.28. The molecule has 1 amide bonds. The quantitative estimate of drug-likeness (QED) is 0.894. The maximum atomic E-state index is 12.0. The number of nitrogens with zero attached hydrogens (tertiary/aromatic N) is 1. The van der Waals surface area contributed by atoms with Crippen molar-refractivity contribution in [3.05, 3.63) is 29.8 Å². The van der Waals surface area contributed by atoms with Gasteiger partial charge < -0.3 is 10.5 Å². The lowest BCUT2D eigenvalue weighted by atomic mass is 10.00. The molecular formula is C14H20N2O2. The summed E-state index contributed by atoms with van der Waals surface area (Å²) in [7, 11) is 0. The Hall–Kier alpha value is -1.55. The van der Waals surface area contributed by atoms with Crippen molar-refractivity contribution < 1.29 is 9.53 Å². The standard InChI is InChI=1S/C14H20N2O2/c1-10(2)12-5-3-4-6-13(12)16-8-7-11(9-15)18-14(16)17/h3-6,10-11H,7-9,15H2,1-2H3. The summed E-state index contributed by atoms with van der Waals surface area (Å²) in [6.07, 6.45) is 0.360. The van der Waals surface area contributed by atoms with Crippen LogP contribution in [0.5, 0.6) is 0 Å². The Morgan fingerprint density at radius 2 is 2.17 bits per heavy atom. The zero-order chi connectivity index (χ0) is 13.1. The van der Waals surface area contributed by atoms with Crippen molar-refractivity contribution in [3.63, 3.8) is 0 Å². The number of cyclic esters (lactones) is 1. The van der Waals surface area contributed by atoms with Crippen molar-refractivity contribution in [3.8, 4) is 0 Å². The number of ether oxygens (including phenoxy) is 1. The molecule has 18 heavy (non-hydrogen) atoms. The molecule has 1 aliphatic heterocycles. The smallest absolute Gasteiger partial charge is 0.414 e. The van der Waals surface area contributed by atoms with Gasteiger partial charge >= 0.3 is 6.09 Å². The van der Waals surface area contributed by atoms with Crippen LogP contribution in [0.3, 0.4) is 0 Å². The summed E-state index contributed by atoms with van der Waals surface area (Å²) in [4.78, 5) is 13.7. The highest BCUT2D eigenvalue weighted by molar-refractivity contribution is 5.89. The summed E-state index contributed by atoms with van der Waals surface area (Å²) >= 11 is 0. The van der Waals surface area contributed by atoms with E-state index in [-0.39, 0.29) is 12.2 Å². The van der Waals surface area contributed by atoms with Crippen molar-refractivity contribution in [2.45, 2.75) is 32.3 Å². The summed E-state index contributed by atoms with van der Waals surface area (Å²) < 4.78 is 5.30. The minimum absolute atomic E-state index is 0.139. The first-order valence-corrected chi connectivity index (χ1v) is 6.40. The van der Waals surface area contributed by atoms with E-state index in [1.807, 2.05) is 18.2 Å². The molecule has 1 aromatic carbocycles. The maximum Gasteiger partial charge on any atom is 0.414 e. The van der Waals surface area contributed by atoms with Crippen LogP contribution in [0.15, 0.2) is 24.3 Å². The number of amides is 1. The summed E-state index contributed by atoms with van der Waals surface area (Å²) in [5.74, 6) is 0.376. The fourth-order valence-corrected chi connectivity index (χ4v) is 2.24. The summed E-state index contributed by atoms with van der Waals surface area (Å²) in [6.45, 7) is 5.31. The van der Waals surface area contributed by atoms with Crippen molar-refractivity contribution in [2.24, 2.45) is 5.73 Å². The summed E-state index contributed by atoms with van der Waals surface area (Å²) in [5.41, 5.74) is 7.65. The van der Waals surface area contributed by atoms with E-state index in [9.17, 15) is 4.79 Å². The molecule has 1 atom stereocenters. The second-order valence-electron chi connectivity index (χ2n) is 4.90. The van der Waals surface area contributed by atoms with Crippen LogP contribution in [-0.4, -0.2) is 25.3 Å². The SMILES string of the molecule is CC(C)c1ccccc1N1CCC(CN)OC1=O. The number of hydrogen-bond donors (Lipinski definition) is 1. The molecule has 0 aromatic heterocycles. The Morgan fingerprint density at radius 3 is 2.78 bits per heavy atom. The fraction of sp³-hybridized carbons (Fsp3) is 0.500. The number of carbonyl (C=O) groups is 1. The molecule has 4 nitrogen and oxygen atoms in total. The molecule has 1 heterocycles. The molecule has 2 rings (SSSR count). The molecule has 0 saturated carbocycles. The zero-order valence-corrected chi connectivity index (χ0v) is 10.9. The molecule has 1 aliphatic rings. The Balaban J connectivity index is 2.24. The second-order valence-corrected chi connectivity index (χ2v) is 4.90. The third-order valence-corrected chi connectivity index (χ3v) is 3.28. The molecule has 1 aromatic rings. The number of nitrogens with two attached hydrogens (primary N) is 1. The molecule has 0 bridgehead atoms. The average Bonchev–Trinajstić information content (AvgIpc) is 2.38. The topological polar surface area (TPSA) is 55.6 Å². The van der Waals surface area contributed by atoms with Gasteiger partial charge in [-0.2, -0.15) is 0 Å². The Morgan fingerprint density at radius 1 is 1.44 bits per heavy atom. The number of anilines is 1. The van der Waals surface area contributed by atoms with Crippen LogP contribution in [0.1, 0.15) is 31.7 Å². The molecular weight excluding hydrogens is 228 g/mol. The first-order chi connectivity index (χ1) is 8.63. The van der Waals surface area contributed by atoms with Crippen molar-refractivity contribution >= 4 is 11.8 Å². The van der Waals surface area contributed by atoms with Crippen molar-refractivity contribution in [1.82, 2.24) is 0 Å². The third kappa shape index (κ3) is 2.48. The predicted octanol–water partition coefficient (Wildman–Crippen LogP) is 2.48. The van der Waals surface area contributed by atoms with E-state index in [1.54, 1.807) is 4.90 Å². The highest BCUT2D eigenvalue weighted by atomic mass is 16.6. The largest absolute Gasteiger partial charge is 0.444 e. The van der Waals surface area contributed by atoms with Crippen LogP contribution in [-0.2, 0) is 4.74 Å². The van der Waals surface area contributed by atoms with Crippen LogP contribution >= 0.6 is 0 Å². The van der Waals surface area contributed by atoms with E-state index in [1.165, 1.54) is 5.56 Å². The molecule has 98 valence electrons. The number of para-hydroxylation sites is 1. The Kier molecular flexibility index (Phi) is 3.87. The Bertz CT molecular complexity index is 432. The van der Waals surface area contributed by atoms with Crippen molar-refractivity contribution in [1.29, 1.82) is 0 Å². The lowest BCUT2D eigenvalue weighted by Crippen LogP contribution is -2.45. The van der Waals surface area contributed by atoms with Gasteiger partial charge in [-0.3, -0.25) is 4.90 Å². The van der Waals surface area contributed by atoms with Gasteiger partial charge in [-0.05, 0) is 17.5 Å². The van der Waals surface area contributed by atoms with Gasteiger partial charge in [0.25, 0.3) is 0 Å². The molecule has 1 unspecified atom stereocenters. The van der Waals surface area contributed by atoms with Gasteiger partial charge in [0.05, 0.1) is 5.69 Å². The minimum atomic E-state index is -0.287. The molecule has 1 saturated heterocycles. The first-order valence-electron chi connectivity index (χ1n) is 6.40. The second kappa shape index (κ2) is 5.40. The summed E-state index contributed by atoms with van der Waals surface area (Å²) in [5, 5.41) is 0. The zero-order valence-electron chi connectivity index (χ0n) is 10.9. The van der Waals surface area contributed by atoms with Gasteiger partial charge in [0.1, 0.15) is 6.10 Å². The van der Waals surface area contributed by atoms with Crippen LogP contribution in [0.2, 0.25) is 0 Å². The van der Waals surface area contributed by atoms with Gasteiger partial charge in [0.2, 0.25) is 0 Å². The average molecular weight is 248 g/mol. The number of rotatable bonds is 3. The van der Waals surface area contributed by atoms with E-state index < -0.39 is 0 Å². The molecule has 1 fully saturated rings. The highest BCUT2D eigenvalue weighted by Crippen LogP contribution is 2.29. The fourth-order valence-electron chi connectivity index (χ4n) is 2.24. The van der Waals surface area contributed by atoms with E-state index in [0.717, 1.165) is 12.1 Å². The highest BCUT2D eigenvalue weighted by Gasteiger charge is 2.28. The van der Waals surface area contributed by atoms with Crippen LogP contribution in [0.4, 0.5) is 10.5 Å². The molecule has 4 heteroatoms. The molecule has 0 radical (unpaired) electrons. The van der Waals surface area contributed by atoms with Gasteiger partial charge in [-0.15, -0.1) is 0 Å². The number of hydrogen-bond acceptors (Lipinski definition) is 3. The normalized spacial score (nSPS) is 20.1. The number of benzene rings is 1. The number of carbonyl (C=O) groups excluding carboxylic acids is 1. The van der Waals surface area contributed by atoms with Crippen LogP contribution in [0.25, 0.3) is 0 Å². The van der Waals surface area contributed by atoms with Gasteiger partial charge in [0, 0.05) is 19.5 Å². The summed E-state index contributed by atoms with van der Waals surface area (Å²) in [6, 6.07) is 7.97. The van der Waals surface area contributed by atoms with E-state index in [0.29, 0.717) is 19.0 Å². The van der Waals surface area contributed by atoms with E-state index in [4.69, 9.17) is 10.5 Å². The molecule has 0 aliphatic carbocycles. The van der Waals surface area contributed by atoms with E-state index >= 15 is 0 Å². The molecule has 0 spiro atoms. The molecule has 2 N–H and O–H groups in total. The van der Waals surface area contributed by atoms with Crippen molar-refractivity contribution in [2.75, 3.05) is 18.0 Å². The lowest BCUT2D eigenvalue weighted by molar-refractivity contribution is 0.0887. The monoisotopic (exact) mass is 248 g/mol. The lowest BCUT2D eigenvalue weighted by Gasteiger charge is -2.32. The van der Waals surface area contributed by atoms with Gasteiger partial charge in [0.15, 0.2) is 0 Å². The first kappa shape index (κ1) is 12.9.